The maximum atomic E-state index is 13.2. The Kier molecular flexibility index (Phi) is 4.51. The van der Waals surface area contributed by atoms with Crippen LogP contribution in [0.3, 0.4) is 0 Å². The van der Waals surface area contributed by atoms with Gasteiger partial charge in [-0.1, -0.05) is 12.1 Å². The maximum absolute atomic E-state index is 13.2. The maximum Gasteiger partial charge on any atom is 0.252 e. The number of quaternary nitrogens is 1. The number of halogens is 1. The van der Waals surface area contributed by atoms with E-state index >= 15 is 0 Å². The Hall–Kier alpha value is -1.46. The molecule has 0 aliphatic carbocycles. The van der Waals surface area contributed by atoms with Crippen molar-refractivity contribution in [3.8, 4) is 0 Å². The molecule has 2 aliphatic heterocycles. The lowest BCUT2D eigenvalue weighted by Gasteiger charge is -2.33. The number of carbonyl (C=O) groups is 1. The molecule has 114 valence electrons. The van der Waals surface area contributed by atoms with Crippen LogP contribution >= 0.6 is 0 Å². The van der Waals surface area contributed by atoms with Crippen molar-refractivity contribution in [2.75, 3.05) is 32.8 Å². The summed E-state index contributed by atoms with van der Waals surface area (Å²) in [5.74, 6) is -0.0311. The molecule has 1 aromatic carbocycles. The summed E-state index contributed by atoms with van der Waals surface area (Å²) in [7, 11) is 0. The first kappa shape index (κ1) is 14.5. The Balaban J connectivity index is 1.49. The molecule has 1 amide bonds. The van der Waals surface area contributed by atoms with Gasteiger partial charge in [-0.05, 0) is 25.0 Å². The lowest BCUT2D eigenvalue weighted by Crippen LogP contribution is -3.13. The third-order valence-electron chi connectivity index (χ3n) is 4.33. The van der Waals surface area contributed by atoms with Gasteiger partial charge in [0.15, 0.2) is 0 Å². The number of amides is 1. The number of hydrogen-bond acceptors (Lipinski definition) is 2. The van der Waals surface area contributed by atoms with E-state index in [2.05, 4.69) is 0 Å². The molecule has 1 N–H and O–H groups in total. The second kappa shape index (κ2) is 6.54. The summed E-state index contributed by atoms with van der Waals surface area (Å²) in [6.07, 6.45) is 1.63. The number of nitrogens with zero attached hydrogens (tertiary/aromatic N) is 1. The fourth-order valence-electron chi connectivity index (χ4n) is 3.13. The van der Waals surface area contributed by atoms with Crippen LogP contribution in [0.25, 0.3) is 0 Å². The predicted octanol–water partition coefficient (Wildman–Crippen LogP) is 0.232. The fraction of sp³-hybridized carbons (Fsp3) is 0.562. The Morgan fingerprint density at radius 1 is 1.38 bits per heavy atom. The lowest BCUT2D eigenvalue weighted by atomic mass is 10.1. The largest absolute Gasteiger partial charge is 0.368 e. The minimum Gasteiger partial charge on any atom is -0.368 e. The quantitative estimate of drug-likeness (QED) is 0.866. The number of rotatable bonds is 3. The van der Waals surface area contributed by atoms with E-state index in [9.17, 15) is 9.18 Å². The monoisotopic (exact) mass is 293 g/mol. The van der Waals surface area contributed by atoms with Crippen LogP contribution in [0.2, 0.25) is 0 Å². The summed E-state index contributed by atoms with van der Waals surface area (Å²) in [6.45, 7) is 4.89. The molecule has 4 nitrogen and oxygen atoms in total. The van der Waals surface area contributed by atoms with E-state index in [0.717, 1.165) is 51.1 Å². The molecule has 2 saturated heterocycles. The highest BCUT2D eigenvalue weighted by atomic mass is 19.1. The van der Waals surface area contributed by atoms with E-state index in [1.54, 1.807) is 12.1 Å². The van der Waals surface area contributed by atoms with Crippen LogP contribution in [-0.2, 0) is 16.1 Å². The standard InChI is InChI=1S/C16H21FN2O2/c17-14-4-1-3-13(11-14)12-18-6-8-19(9-7-18)16(20)15-5-2-10-21-15/h1,3-4,11,15H,2,5-10,12H2/p+1/t15-/m0/s1. The zero-order chi connectivity index (χ0) is 14.7. The average molecular weight is 293 g/mol. The van der Waals surface area contributed by atoms with Gasteiger partial charge < -0.3 is 14.5 Å². The van der Waals surface area contributed by atoms with Crippen LogP contribution in [0.15, 0.2) is 24.3 Å². The minimum atomic E-state index is -0.213. The molecular weight excluding hydrogens is 271 g/mol. The van der Waals surface area contributed by atoms with Gasteiger partial charge >= 0.3 is 0 Å². The summed E-state index contributed by atoms with van der Waals surface area (Å²) < 4.78 is 18.6. The average Bonchev–Trinajstić information content (AvgIpc) is 3.01. The Bertz CT molecular complexity index is 495. The zero-order valence-electron chi connectivity index (χ0n) is 12.2. The van der Waals surface area contributed by atoms with Crippen LogP contribution in [0.5, 0.6) is 0 Å². The molecule has 1 aromatic rings. The summed E-state index contributed by atoms with van der Waals surface area (Å²) in [5, 5.41) is 0. The van der Waals surface area contributed by atoms with Gasteiger partial charge in [-0.25, -0.2) is 4.39 Å². The van der Waals surface area contributed by atoms with Crippen molar-refractivity contribution >= 4 is 5.91 Å². The molecule has 2 aliphatic rings. The zero-order valence-corrected chi connectivity index (χ0v) is 12.2. The first-order chi connectivity index (χ1) is 10.2. The molecule has 0 saturated carbocycles. The van der Waals surface area contributed by atoms with Crippen LogP contribution in [0.1, 0.15) is 18.4 Å². The third kappa shape index (κ3) is 3.60. The highest BCUT2D eigenvalue weighted by Crippen LogP contribution is 2.14. The first-order valence-electron chi connectivity index (χ1n) is 7.71. The lowest BCUT2D eigenvalue weighted by molar-refractivity contribution is -0.917. The highest BCUT2D eigenvalue weighted by Gasteiger charge is 2.31. The molecule has 0 spiro atoms. The van der Waals surface area contributed by atoms with Gasteiger partial charge in [0.2, 0.25) is 0 Å². The predicted molar refractivity (Wildman–Crippen MR) is 76.4 cm³/mol. The van der Waals surface area contributed by atoms with E-state index in [1.807, 2.05) is 11.0 Å². The van der Waals surface area contributed by atoms with Crippen molar-refractivity contribution in [2.24, 2.45) is 0 Å². The topological polar surface area (TPSA) is 34.0 Å². The number of piperazine rings is 1. The van der Waals surface area contributed by atoms with Crippen LogP contribution in [-0.4, -0.2) is 49.7 Å². The molecular formula is C16H22FN2O2+. The minimum absolute atomic E-state index is 0.150. The number of nitrogens with one attached hydrogen (secondary N) is 1. The van der Waals surface area contributed by atoms with Crippen molar-refractivity contribution in [1.29, 1.82) is 0 Å². The molecule has 2 fully saturated rings. The van der Waals surface area contributed by atoms with Gasteiger partial charge in [0, 0.05) is 12.2 Å². The molecule has 1 atom stereocenters. The highest BCUT2D eigenvalue weighted by molar-refractivity contribution is 5.81. The van der Waals surface area contributed by atoms with Crippen LogP contribution in [0.4, 0.5) is 4.39 Å². The van der Waals surface area contributed by atoms with Crippen molar-refractivity contribution in [3.05, 3.63) is 35.6 Å². The van der Waals surface area contributed by atoms with Gasteiger partial charge in [0.25, 0.3) is 5.91 Å². The summed E-state index contributed by atoms with van der Waals surface area (Å²) in [4.78, 5) is 15.6. The van der Waals surface area contributed by atoms with E-state index in [1.165, 1.54) is 11.0 Å². The van der Waals surface area contributed by atoms with Crippen LogP contribution in [0, 0.1) is 5.82 Å². The molecule has 0 aromatic heterocycles. The van der Waals surface area contributed by atoms with Crippen molar-refractivity contribution < 1.29 is 18.8 Å². The smallest absolute Gasteiger partial charge is 0.252 e. The fourth-order valence-corrected chi connectivity index (χ4v) is 3.13. The molecule has 3 rings (SSSR count). The van der Waals surface area contributed by atoms with E-state index in [-0.39, 0.29) is 17.8 Å². The van der Waals surface area contributed by atoms with Crippen molar-refractivity contribution in [2.45, 2.75) is 25.5 Å². The van der Waals surface area contributed by atoms with Gasteiger partial charge in [-0.15, -0.1) is 0 Å². The van der Waals surface area contributed by atoms with Gasteiger partial charge in [-0.3, -0.25) is 4.79 Å². The van der Waals surface area contributed by atoms with Gasteiger partial charge in [0.1, 0.15) is 18.5 Å². The van der Waals surface area contributed by atoms with Gasteiger partial charge in [-0.2, -0.15) is 0 Å². The number of ether oxygens (including phenoxy) is 1. The number of benzene rings is 1. The molecule has 2 heterocycles. The summed E-state index contributed by atoms with van der Waals surface area (Å²) >= 11 is 0. The Labute approximate surface area is 124 Å². The Morgan fingerprint density at radius 2 is 2.19 bits per heavy atom. The van der Waals surface area contributed by atoms with E-state index in [0.29, 0.717) is 6.61 Å². The van der Waals surface area contributed by atoms with Crippen molar-refractivity contribution in [3.63, 3.8) is 0 Å². The number of hydrogen-bond donors (Lipinski definition) is 1. The van der Waals surface area contributed by atoms with E-state index in [4.69, 9.17) is 4.74 Å². The summed E-state index contributed by atoms with van der Waals surface area (Å²) in [5.41, 5.74) is 1.02. The molecule has 0 unspecified atom stereocenters. The second-order valence-electron chi connectivity index (χ2n) is 5.88. The van der Waals surface area contributed by atoms with Crippen LogP contribution < -0.4 is 4.90 Å². The summed E-state index contributed by atoms with van der Waals surface area (Å²) in [6, 6.07) is 6.77. The Morgan fingerprint density at radius 3 is 2.86 bits per heavy atom. The van der Waals surface area contributed by atoms with E-state index < -0.39 is 0 Å². The van der Waals surface area contributed by atoms with Gasteiger partial charge in [0.05, 0.1) is 26.2 Å². The first-order valence-corrected chi connectivity index (χ1v) is 7.71. The third-order valence-corrected chi connectivity index (χ3v) is 4.33. The number of carbonyl (C=O) groups excluding carboxylic acids is 1. The normalized spacial score (nSPS) is 23.5. The second-order valence-corrected chi connectivity index (χ2v) is 5.88. The molecule has 5 heteroatoms. The molecule has 21 heavy (non-hydrogen) atoms. The molecule has 0 radical (unpaired) electrons. The molecule has 0 bridgehead atoms. The SMILES string of the molecule is O=C([C@@H]1CCCO1)N1CC[NH+](Cc2cccc(F)c2)CC1. The van der Waals surface area contributed by atoms with Crippen molar-refractivity contribution in [1.82, 2.24) is 4.90 Å².